The molecule has 1 aromatic rings. The number of likely N-dealkylation sites (tertiary alicyclic amines) is 1. The Morgan fingerprint density at radius 1 is 1.63 bits per heavy atom. The molecule has 7 heteroatoms. The van der Waals surface area contributed by atoms with Crippen molar-refractivity contribution in [2.24, 2.45) is 0 Å². The normalized spacial score (nSPS) is 19.2. The van der Waals surface area contributed by atoms with E-state index in [4.69, 9.17) is 5.11 Å². The Bertz CT molecular complexity index is 500. The fraction of sp³-hybridized carbons (Fsp3) is 0.583. The van der Waals surface area contributed by atoms with Gasteiger partial charge in [0.25, 0.3) is 0 Å². The van der Waals surface area contributed by atoms with Crippen LogP contribution in [0.25, 0.3) is 0 Å². The second-order valence-electron chi connectivity index (χ2n) is 4.50. The maximum absolute atomic E-state index is 12.1. The van der Waals surface area contributed by atoms with Gasteiger partial charge in [0.1, 0.15) is 6.04 Å². The lowest BCUT2D eigenvalue weighted by Gasteiger charge is -2.16. The van der Waals surface area contributed by atoms with E-state index in [-0.39, 0.29) is 17.7 Å². The first-order valence-corrected chi connectivity index (χ1v) is 7.18. The summed E-state index contributed by atoms with van der Waals surface area (Å²) in [6, 6.07) is -0.237. The van der Waals surface area contributed by atoms with Crippen molar-refractivity contribution in [1.82, 2.24) is 14.5 Å². The van der Waals surface area contributed by atoms with Crippen molar-refractivity contribution in [3.8, 4) is 0 Å². The first kappa shape index (κ1) is 13.9. The molecular weight excluding hydrogens is 266 g/mol. The third-order valence-electron chi connectivity index (χ3n) is 3.24. The lowest BCUT2D eigenvalue weighted by Crippen LogP contribution is -2.25. The van der Waals surface area contributed by atoms with Gasteiger partial charge < -0.3 is 14.6 Å². The van der Waals surface area contributed by atoms with Crippen LogP contribution in [0.15, 0.2) is 11.4 Å². The zero-order valence-corrected chi connectivity index (χ0v) is 11.8. The Morgan fingerprint density at radius 3 is 2.89 bits per heavy atom. The topological polar surface area (TPSA) is 75.4 Å². The van der Waals surface area contributed by atoms with Gasteiger partial charge in [-0.15, -0.1) is 0 Å². The van der Waals surface area contributed by atoms with Crippen molar-refractivity contribution in [3.63, 3.8) is 0 Å². The number of carboxylic acids is 1. The van der Waals surface area contributed by atoms with Gasteiger partial charge in [0.05, 0.1) is 5.75 Å². The highest BCUT2D eigenvalue weighted by molar-refractivity contribution is 7.99. The number of rotatable bonds is 5. The highest BCUT2D eigenvalue weighted by Gasteiger charge is 2.33. The van der Waals surface area contributed by atoms with Crippen LogP contribution in [0.2, 0.25) is 0 Å². The van der Waals surface area contributed by atoms with E-state index in [0.717, 1.165) is 36.8 Å². The number of hydrogen-bond acceptors (Lipinski definition) is 4. The minimum Gasteiger partial charge on any atom is -0.481 e. The number of carbonyl (C=O) groups excluding carboxylic acids is 1. The van der Waals surface area contributed by atoms with Crippen molar-refractivity contribution in [1.29, 1.82) is 0 Å². The Kier molecular flexibility index (Phi) is 4.14. The molecule has 2 heterocycles. The number of likely N-dealkylation sites (N-methyl/N-ethyl adjacent to an activating group) is 1. The first-order valence-electron chi connectivity index (χ1n) is 6.20. The molecule has 0 aromatic carbocycles. The van der Waals surface area contributed by atoms with Crippen LogP contribution in [-0.2, 0) is 16.0 Å². The second kappa shape index (κ2) is 5.64. The Labute approximate surface area is 115 Å². The number of carbonyl (C=O) groups is 2. The van der Waals surface area contributed by atoms with E-state index in [1.807, 2.05) is 11.5 Å². The molecular formula is C12H17N3O3S. The molecule has 0 bridgehead atoms. The number of amides is 1. The van der Waals surface area contributed by atoms with Crippen LogP contribution in [0.4, 0.5) is 0 Å². The summed E-state index contributed by atoms with van der Waals surface area (Å²) in [7, 11) is 1.79. The van der Waals surface area contributed by atoms with Gasteiger partial charge >= 0.3 is 5.97 Å². The van der Waals surface area contributed by atoms with Gasteiger partial charge in [-0.05, 0) is 12.8 Å². The quantitative estimate of drug-likeness (QED) is 0.817. The average Bonchev–Trinajstić information content (AvgIpc) is 2.92. The van der Waals surface area contributed by atoms with Crippen LogP contribution in [0, 0.1) is 0 Å². The van der Waals surface area contributed by atoms with E-state index in [0.29, 0.717) is 5.16 Å². The van der Waals surface area contributed by atoms with Gasteiger partial charge in [-0.2, -0.15) is 0 Å². The summed E-state index contributed by atoms with van der Waals surface area (Å²) in [6.07, 6.45) is 3.25. The van der Waals surface area contributed by atoms with Crippen molar-refractivity contribution < 1.29 is 14.7 Å². The largest absolute Gasteiger partial charge is 0.481 e. The summed E-state index contributed by atoms with van der Waals surface area (Å²) in [4.78, 5) is 28.7. The van der Waals surface area contributed by atoms with E-state index in [1.54, 1.807) is 18.1 Å². The molecule has 1 aliphatic rings. The highest BCUT2D eigenvalue weighted by atomic mass is 32.2. The smallest absolute Gasteiger partial charge is 0.313 e. The molecule has 1 fully saturated rings. The summed E-state index contributed by atoms with van der Waals surface area (Å²) >= 11 is 1.16. The molecule has 0 radical (unpaired) electrons. The lowest BCUT2D eigenvalue weighted by molar-refractivity contribution is -0.134. The molecule has 2 rings (SSSR count). The highest BCUT2D eigenvalue weighted by Crippen LogP contribution is 2.29. The summed E-state index contributed by atoms with van der Waals surface area (Å²) < 4.78 is 1.90. The Hall–Kier alpha value is -1.50. The SMILES string of the molecule is CCc1cnc(SCC(=O)O)n1C1CCN(C)C1=O. The molecule has 104 valence electrons. The minimum atomic E-state index is -0.882. The van der Waals surface area contributed by atoms with Crippen LogP contribution >= 0.6 is 11.8 Å². The number of carboxylic acid groups (broad SMARTS) is 1. The van der Waals surface area contributed by atoms with Gasteiger partial charge in [-0.3, -0.25) is 9.59 Å². The molecule has 0 aliphatic carbocycles. The molecule has 1 aromatic heterocycles. The fourth-order valence-electron chi connectivity index (χ4n) is 2.25. The van der Waals surface area contributed by atoms with Crippen molar-refractivity contribution in [2.75, 3.05) is 19.3 Å². The van der Waals surface area contributed by atoms with Crippen molar-refractivity contribution in [3.05, 3.63) is 11.9 Å². The van der Waals surface area contributed by atoms with Gasteiger partial charge in [0.15, 0.2) is 5.16 Å². The summed E-state index contributed by atoms with van der Waals surface area (Å²) in [5, 5.41) is 9.37. The van der Waals surface area contributed by atoms with E-state index in [1.165, 1.54) is 0 Å². The summed E-state index contributed by atoms with van der Waals surface area (Å²) in [6.45, 7) is 2.73. The number of hydrogen-bond donors (Lipinski definition) is 1. The predicted octanol–water partition coefficient (Wildman–Crippen LogP) is 1.03. The van der Waals surface area contributed by atoms with Crippen LogP contribution in [0.1, 0.15) is 25.1 Å². The van der Waals surface area contributed by atoms with Gasteiger partial charge in [-0.25, -0.2) is 4.98 Å². The Balaban J connectivity index is 2.28. The number of thioether (sulfide) groups is 1. The molecule has 1 amide bonds. The van der Waals surface area contributed by atoms with Crippen molar-refractivity contribution >= 4 is 23.6 Å². The minimum absolute atomic E-state index is 0.0447. The maximum atomic E-state index is 12.1. The molecule has 1 atom stereocenters. The van der Waals surface area contributed by atoms with Gasteiger partial charge in [0, 0.05) is 25.5 Å². The molecule has 0 spiro atoms. The molecule has 1 aliphatic heterocycles. The molecule has 0 saturated carbocycles. The molecule has 19 heavy (non-hydrogen) atoms. The predicted molar refractivity (Wildman–Crippen MR) is 71.3 cm³/mol. The number of aromatic nitrogens is 2. The monoisotopic (exact) mass is 283 g/mol. The second-order valence-corrected chi connectivity index (χ2v) is 5.44. The van der Waals surface area contributed by atoms with Gasteiger partial charge in [-0.1, -0.05) is 18.7 Å². The summed E-state index contributed by atoms with van der Waals surface area (Å²) in [5.41, 5.74) is 0.974. The van der Waals surface area contributed by atoms with E-state index in [9.17, 15) is 9.59 Å². The molecule has 1 unspecified atom stereocenters. The molecule has 6 nitrogen and oxygen atoms in total. The fourth-order valence-corrected chi connectivity index (χ4v) is 3.01. The number of nitrogens with zero attached hydrogens (tertiary/aromatic N) is 3. The number of aryl methyl sites for hydroxylation is 1. The van der Waals surface area contributed by atoms with E-state index >= 15 is 0 Å². The van der Waals surface area contributed by atoms with Crippen LogP contribution < -0.4 is 0 Å². The Morgan fingerprint density at radius 2 is 2.37 bits per heavy atom. The number of imidazole rings is 1. The third kappa shape index (κ3) is 2.75. The average molecular weight is 283 g/mol. The van der Waals surface area contributed by atoms with Crippen LogP contribution in [-0.4, -0.2) is 50.8 Å². The zero-order valence-electron chi connectivity index (χ0n) is 11.0. The zero-order chi connectivity index (χ0) is 14.0. The van der Waals surface area contributed by atoms with Crippen molar-refractivity contribution in [2.45, 2.75) is 31.0 Å². The lowest BCUT2D eigenvalue weighted by atomic mass is 10.2. The molecule has 1 N–H and O–H groups in total. The summed E-state index contributed by atoms with van der Waals surface area (Å²) in [5.74, 6) is -0.853. The van der Waals surface area contributed by atoms with E-state index in [2.05, 4.69) is 4.98 Å². The van der Waals surface area contributed by atoms with Crippen LogP contribution in [0.3, 0.4) is 0 Å². The maximum Gasteiger partial charge on any atom is 0.313 e. The number of aliphatic carboxylic acids is 1. The van der Waals surface area contributed by atoms with Gasteiger partial charge in [0.2, 0.25) is 5.91 Å². The standard InChI is InChI=1S/C12H17N3O3S/c1-3-8-6-13-12(19-7-10(16)17)15(8)9-4-5-14(2)11(9)18/h6,9H,3-5,7H2,1-2H3,(H,16,17). The third-order valence-corrected chi connectivity index (χ3v) is 4.19. The van der Waals surface area contributed by atoms with E-state index < -0.39 is 5.97 Å². The molecule has 1 saturated heterocycles. The first-order chi connectivity index (χ1) is 9.04. The van der Waals surface area contributed by atoms with Crippen LogP contribution in [0.5, 0.6) is 0 Å².